The number of rotatable bonds is 1. The second kappa shape index (κ2) is 3.94. The van der Waals surface area contributed by atoms with E-state index in [4.69, 9.17) is 17.3 Å². The smallest absolute Gasteiger partial charge is 0.266 e. The van der Waals surface area contributed by atoms with Crippen molar-refractivity contribution in [3.05, 3.63) is 52.7 Å². The van der Waals surface area contributed by atoms with Crippen molar-refractivity contribution < 1.29 is 9.90 Å². The second-order valence-electron chi connectivity index (χ2n) is 4.30. The van der Waals surface area contributed by atoms with Crippen LogP contribution in [0.25, 0.3) is 0 Å². The van der Waals surface area contributed by atoms with Crippen molar-refractivity contribution >= 4 is 29.0 Å². The summed E-state index contributed by atoms with van der Waals surface area (Å²) in [5.74, 6) is -0.497. The summed E-state index contributed by atoms with van der Waals surface area (Å²) in [6, 6.07) is 8.32. The summed E-state index contributed by atoms with van der Waals surface area (Å²) in [5.41, 5.74) is 5.08. The van der Waals surface area contributed by atoms with Gasteiger partial charge in [0.1, 0.15) is 5.82 Å². The van der Waals surface area contributed by atoms with E-state index >= 15 is 0 Å². The molecule has 1 aliphatic rings. The Kier molecular flexibility index (Phi) is 2.48. The van der Waals surface area contributed by atoms with Crippen LogP contribution in [0.5, 0.6) is 0 Å². The van der Waals surface area contributed by atoms with Gasteiger partial charge in [0.05, 0.1) is 5.02 Å². The summed E-state index contributed by atoms with van der Waals surface area (Å²) in [6.07, 6.45) is 1.36. The number of pyridine rings is 1. The Bertz CT molecular complexity index is 689. The molecular formula is C13H10ClN3O2. The number of carbonyl (C=O) groups is 1. The van der Waals surface area contributed by atoms with Crippen molar-refractivity contribution in [1.82, 2.24) is 4.98 Å². The van der Waals surface area contributed by atoms with Gasteiger partial charge in [-0.1, -0.05) is 29.8 Å². The molecular weight excluding hydrogens is 266 g/mol. The third-order valence-electron chi connectivity index (χ3n) is 3.17. The lowest BCUT2D eigenvalue weighted by atomic mass is 9.88. The first kappa shape index (κ1) is 12.0. The second-order valence-corrected chi connectivity index (χ2v) is 4.73. The Morgan fingerprint density at radius 1 is 1.32 bits per heavy atom. The number of hydrogen-bond acceptors (Lipinski definition) is 4. The molecule has 1 atom stereocenters. The van der Waals surface area contributed by atoms with Gasteiger partial charge in [-0.3, -0.25) is 4.79 Å². The fourth-order valence-corrected chi connectivity index (χ4v) is 2.41. The number of anilines is 2. The van der Waals surface area contributed by atoms with Gasteiger partial charge in [-0.25, -0.2) is 4.98 Å². The minimum absolute atomic E-state index is 0.0683. The number of benzene rings is 1. The van der Waals surface area contributed by atoms with E-state index in [1.165, 1.54) is 12.3 Å². The predicted octanol–water partition coefficient (Wildman–Crippen LogP) is 1.51. The first-order valence-electron chi connectivity index (χ1n) is 5.58. The third kappa shape index (κ3) is 1.59. The maximum absolute atomic E-state index is 12.1. The Morgan fingerprint density at radius 2 is 2.05 bits per heavy atom. The number of nitrogen functional groups attached to an aromatic ring is 1. The van der Waals surface area contributed by atoms with Gasteiger partial charge in [0.15, 0.2) is 5.60 Å². The average molecular weight is 276 g/mol. The van der Waals surface area contributed by atoms with Crippen LogP contribution in [0.15, 0.2) is 36.5 Å². The molecule has 2 heterocycles. The number of halogens is 1. The van der Waals surface area contributed by atoms with Crippen molar-refractivity contribution in [3.8, 4) is 0 Å². The molecule has 0 saturated heterocycles. The van der Waals surface area contributed by atoms with Gasteiger partial charge in [-0.15, -0.1) is 0 Å². The third-order valence-corrected chi connectivity index (χ3v) is 3.38. The van der Waals surface area contributed by atoms with Crippen LogP contribution in [0.1, 0.15) is 11.1 Å². The van der Waals surface area contributed by atoms with Gasteiger partial charge in [0, 0.05) is 23.0 Å². The maximum Gasteiger partial charge on any atom is 0.266 e. The lowest BCUT2D eigenvalue weighted by Crippen LogP contribution is -2.36. The van der Waals surface area contributed by atoms with Gasteiger partial charge in [-0.2, -0.15) is 0 Å². The van der Waals surface area contributed by atoms with Crippen molar-refractivity contribution in [2.45, 2.75) is 5.60 Å². The van der Waals surface area contributed by atoms with E-state index in [-0.39, 0.29) is 11.4 Å². The van der Waals surface area contributed by atoms with E-state index in [1.807, 2.05) is 0 Å². The van der Waals surface area contributed by atoms with Crippen LogP contribution in [-0.2, 0) is 10.4 Å². The van der Waals surface area contributed by atoms with E-state index in [1.54, 1.807) is 24.3 Å². The minimum atomic E-state index is -1.86. The molecule has 1 aliphatic heterocycles. The molecule has 1 aromatic carbocycles. The first-order chi connectivity index (χ1) is 9.03. The van der Waals surface area contributed by atoms with Crippen molar-refractivity contribution in [2.75, 3.05) is 11.1 Å². The summed E-state index contributed by atoms with van der Waals surface area (Å²) >= 11 is 5.87. The Labute approximate surface area is 114 Å². The Morgan fingerprint density at radius 3 is 2.84 bits per heavy atom. The maximum atomic E-state index is 12.1. The first-order valence-corrected chi connectivity index (χ1v) is 5.96. The zero-order valence-electron chi connectivity index (χ0n) is 9.72. The van der Waals surface area contributed by atoms with E-state index in [0.717, 1.165) is 0 Å². The largest absolute Gasteiger partial charge is 0.383 e. The lowest BCUT2D eigenvalue weighted by Gasteiger charge is -2.22. The number of nitrogens with two attached hydrogens (primary N) is 1. The summed E-state index contributed by atoms with van der Waals surface area (Å²) in [7, 11) is 0. The van der Waals surface area contributed by atoms with Gasteiger partial charge < -0.3 is 16.2 Å². The van der Waals surface area contributed by atoms with E-state index < -0.39 is 11.5 Å². The monoisotopic (exact) mass is 275 g/mol. The number of aliphatic hydroxyl groups is 1. The highest BCUT2D eigenvalue weighted by Gasteiger charge is 2.48. The molecule has 6 heteroatoms. The van der Waals surface area contributed by atoms with E-state index in [0.29, 0.717) is 16.3 Å². The van der Waals surface area contributed by atoms with Crippen LogP contribution in [0, 0.1) is 0 Å². The molecule has 0 radical (unpaired) electrons. The lowest BCUT2D eigenvalue weighted by molar-refractivity contribution is -0.129. The van der Waals surface area contributed by atoms with Gasteiger partial charge >= 0.3 is 0 Å². The summed E-state index contributed by atoms with van der Waals surface area (Å²) in [4.78, 5) is 16.0. The van der Waals surface area contributed by atoms with E-state index in [2.05, 4.69) is 10.3 Å². The normalized spacial score (nSPS) is 21.1. The highest BCUT2D eigenvalue weighted by Crippen LogP contribution is 2.42. The topological polar surface area (TPSA) is 88.2 Å². The van der Waals surface area contributed by atoms with Crippen molar-refractivity contribution in [3.63, 3.8) is 0 Å². The SMILES string of the molecule is Nc1ncc(Cl)cc1C1(O)C(=O)Nc2ccccc21. The van der Waals surface area contributed by atoms with Crippen LogP contribution >= 0.6 is 11.6 Å². The fraction of sp³-hybridized carbons (Fsp3) is 0.0769. The number of nitrogens with one attached hydrogen (secondary N) is 1. The molecule has 0 saturated carbocycles. The van der Waals surface area contributed by atoms with E-state index in [9.17, 15) is 9.90 Å². The summed E-state index contributed by atoms with van der Waals surface area (Å²) in [6.45, 7) is 0. The quantitative estimate of drug-likeness (QED) is 0.736. The van der Waals surface area contributed by atoms with Crippen molar-refractivity contribution in [2.24, 2.45) is 0 Å². The van der Waals surface area contributed by atoms with Crippen LogP contribution in [0.2, 0.25) is 5.02 Å². The van der Waals surface area contributed by atoms with Crippen LogP contribution in [0.3, 0.4) is 0 Å². The summed E-state index contributed by atoms with van der Waals surface area (Å²) in [5, 5.41) is 13.7. The van der Waals surface area contributed by atoms with Gasteiger partial charge in [0.2, 0.25) is 0 Å². The fourth-order valence-electron chi connectivity index (χ4n) is 2.25. The minimum Gasteiger partial charge on any atom is -0.383 e. The molecule has 3 rings (SSSR count). The molecule has 96 valence electrons. The summed E-state index contributed by atoms with van der Waals surface area (Å²) < 4.78 is 0. The number of hydrogen-bond donors (Lipinski definition) is 3. The standard InChI is InChI=1S/C13H10ClN3O2/c14-7-5-9(11(15)16-6-7)13(19)8-3-1-2-4-10(8)17-12(13)18/h1-6,19H,(H2,15,16)(H,17,18). The molecule has 1 unspecified atom stereocenters. The van der Waals surface area contributed by atoms with Crippen LogP contribution in [-0.4, -0.2) is 16.0 Å². The molecule has 0 spiro atoms. The van der Waals surface area contributed by atoms with Crippen LogP contribution in [0.4, 0.5) is 11.5 Å². The van der Waals surface area contributed by atoms with Gasteiger partial charge in [-0.05, 0) is 12.1 Å². The molecule has 1 amide bonds. The number of aromatic nitrogens is 1. The zero-order chi connectivity index (χ0) is 13.6. The molecule has 4 N–H and O–H groups in total. The molecule has 0 aliphatic carbocycles. The molecule has 2 aromatic rings. The van der Waals surface area contributed by atoms with Gasteiger partial charge in [0.25, 0.3) is 5.91 Å². The number of nitrogens with zero attached hydrogens (tertiary/aromatic N) is 1. The Hall–Kier alpha value is -2.11. The molecule has 0 bridgehead atoms. The molecule has 5 nitrogen and oxygen atoms in total. The average Bonchev–Trinajstić information content (AvgIpc) is 2.66. The molecule has 19 heavy (non-hydrogen) atoms. The zero-order valence-corrected chi connectivity index (χ0v) is 10.5. The number of fused-ring (bicyclic) bond motifs is 1. The predicted molar refractivity (Wildman–Crippen MR) is 71.7 cm³/mol. The Balaban J connectivity index is 2.28. The number of para-hydroxylation sites is 1. The number of amides is 1. The van der Waals surface area contributed by atoms with Crippen LogP contribution < -0.4 is 11.1 Å². The molecule has 0 fully saturated rings. The number of carbonyl (C=O) groups excluding carboxylic acids is 1. The highest BCUT2D eigenvalue weighted by molar-refractivity contribution is 6.30. The molecule has 1 aromatic heterocycles. The highest BCUT2D eigenvalue weighted by atomic mass is 35.5. The van der Waals surface area contributed by atoms with Crippen molar-refractivity contribution in [1.29, 1.82) is 0 Å².